The van der Waals surface area contributed by atoms with Gasteiger partial charge in [-0.2, -0.15) is 0 Å². The first-order valence-electron chi connectivity index (χ1n) is 9.01. The standard InChI is InChI=1S/C20H34O4Si/c1-20(2,3)25(5,6)24-19(13-14-21)8-7-15-23-16-17-9-11-18(22-4)12-10-17/h9-12,14,19H,7-8,13,15-16H2,1-6H3/t19-/m1/s1. The van der Waals surface area contributed by atoms with Crippen LogP contribution in [0.4, 0.5) is 0 Å². The number of rotatable bonds is 11. The van der Waals surface area contributed by atoms with Crippen molar-refractivity contribution in [2.75, 3.05) is 13.7 Å². The Bertz CT molecular complexity index is 505. The van der Waals surface area contributed by atoms with Crippen molar-refractivity contribution in [3.63, 3.8) is 0 Å². The molecule has 1 atom stereocenters. The van der Waals surface area contributed by atoms with E-state index in [1.807, 2.05) is 24.3 Å². The summed E-state index contributed by atoms with van der Waals surface area (Å²) in [6.07, 6.45) is 3.18. The van der Waals surface area contributed by atoms with Gasteiger partial charge in [0, 0.05) is 13.0 Å². The van der Waals surface area contributed by atoms with Gasteiger partial charge < -0.3 is 18.7 Å². The molecule has 0 aliphatic heterocycles. The maximum absolute atomic E-state index is 11.0. The predicted molar refractivity (Wildman–Crippen MR) is 105 cm³/mol. The van der Waals surface area contributed by atoms with Gasteiger partial charge in [-0.3, -0.25) is 0 Å². The van der Waals surface area contributed by atoms with E-state index in [0.29, 0.717) is 19.6 Å². The molecule has 0 amide bonds. The van der Waals surface area contributed by atoms with Crippen molar-refractivity contribution in [1.82, 2.24) is 0 Å². The van der Waals surface area contributed by atoms with Crippen molar-refractivity contribution in [2.24, 2.45) is 0 Å². The molecule has 0 radical (unpaired) electrons. The largest absolute Gasteiger partial charge is 0.497 e. The number of ether oxygens (including phenoxy) is 2. The number of hydrogen-bond donors (Lipinski definition) is 0. The van der Waals surface area contributed by atoms with Crippen molar-refractivity contribution in [1.29, 1.82) is 0 Å². The Hall–Kier alpha value is -1.17. The normalized spacial score (nSPS) is 13.5. The van der Waals surface area contributed by atoms with Crippen LogP contribution in [0.1, 0.15) is 45.6 Å². The quantitative estimate of drug-likeness (QED) is 0.315. The van der Waals surface area contributed by atoms with Gasteiger partial charge in [0.15, 0.2) is 8.32 Å². The molecule has 0 saturated heterocycles. The van der Waals surface area contributed by atoms with Gasteiger partial charge in [0.2, 0.25) is 0 Å². The average molecular weight is 367 g/mol. The second-order valence-corrected chi connectivity index (χ2v) is 12.7. The lowest BCUT2D eigenvalue weighted by atomic mass is 10.1. The molecular weight excluding hydrogens is 332 g/mol. The summed E-state index contributed by atoms with van der Waals surface area (Å²) in [5, 5.41) is 0.152. The Morgan fingerprint density at radius 3 is 2.32 bits per heavy atom. The average Bonchev–Trinajstić information content (AvgIpc) is 2.54. The van der Waals surface area contributed by atoms with Crippen LogP contribution in [0.25, 0.3) is 0 Å². The minimum Gasteiger partial charge on any atom is -0.497 e. The number of aldehydes is 1. The van der Waals surface area contributed by atoms with E-state index in [0.717, 1.165) is 30.4 Å². The highest BCUT2D eigenvalue weighted by molar-refractivity contribution is 6.74. The fourth-order valence-electron chi connectivity index (χ4n) is 2.25. The highest BCUT2D eigenvalue weighted by Crippen LogP contribution is 2.38. The minimum absolute atomic E-state index is 0.00276. The summed E-state index contributed by atoms with van der Waals surface area (Å²) < 4.78 is 17.3. The zero-order valence-corrected chi connectivity index (χ0v) is 17.6. The van der Waals surface area contributed by atoms with E-state index in [-0.39, 0.29) is 11.1 Å². The molecule has 0 N–H and O–H groups in total. The lowest BCUT2D eigenvalue weighted by Crippen LogP contribution is -2.44. The fraction of sp³-hybridized carbons (Fsp3) is 0.650. The van der Waals surface area contributed by atoms with E-state index in [1.54, 1.807) is 7.11 Å². The van der Waals surface area contributed by atoms with E-state index < -0.39 is 8.32 Å². The van der Waals surface area contributed by atoms with E-state index in [1.165, 1.54) is 0 Å². The van der Waals surface area contributed by atoms with Gasteiger partial charge in [0.25, 0.3) is 0 Å². The van der Waals surface area contributed by atoms with E-state index >= 15 is 0 Å². The Kier molecular flexibility index (Phi) is 8.83. The second-order valence-electron chi connectivity index (χ2n) is 7.95. The van der Waals surface area contributed by atoms with Crippen LogP contribution in [0.2, 0.25) is 18.1 Å². The number of carbonyl (C=O) groups excluding carboxylic acids is 1. The number of carbonyl (C=O) groups is 1. The van der Waals surface area contributed by atoms with Crippen LogP contribution in [-0.4, -0.2) is 34.4 Å². The second kappa shape index (κ2) is 10.1. The Labute approximate surface area is 154 Å². The molecule has 0 aromatic heterocycles. The molecule has 0 bridgehead atoms. The van der Waals surface area contributed by atoms with E-state index in [9.17, 15) is 4.79 Å². The van der Waals surface area contributed by atoms with Gasteiger partial charge in [-0.1, -0.05) is 32.9 Å². The third-order valence-electron chi connectivity index (χ3n) is 4.87. The predicted octanol–water partition coefficient (Wildman–Crippen LogP) is 4.97. The Morgan fingerprint density at radius 1 is 1.16 bits per heavy atom. The zero-order valence-electron chi connectivity index (χ0n) is 16.6. The monoisotopic (exact) mass is 366 g/mol. The summed E-state index contributed by atoms with van der Waals surface area (Å²) in [5.74, 6) is 0.850. The molecule has 142 valence electrons. The van der Waals surface area contributed by atoms with Gasteiger partial charge in [0.1, 0.15) is 12.0 Å². The van der Waals surface area contributed by atoms with Crippen molar-refractivity contribution in [3.05, 3.63) is 29.8 Å². The van der Waals surface area contributed by atoms with Gasteiger partial charge in [-0.15, -0.1) is 0 Å². The molecule has 1 aromatic rings. The summed E-state index contributed by atoms with van der Waals surface area (Å²) in [5.41, 5.74) is 1.13. The maximum Gasteiger partial charge on any atom is 0.192 e. The number of methoxy groups -OCH3 is 1. The van der Waals surface area contributed by atoms with Crippen LogP contribution in [0.5, 0.6) is 5.75 Å². The third kappa shape index (κ3) is 7.71. The summed E-state index contributed by atoms with van der Waals surface area (Å²) >= 11 is 0. The van der Waals surface area contributed by atoms with Crippen LogP contribution < -0.4 is 4.74 Å². The van der Waals surface area contributed by atoms with Crippen molar-refractivity contribution in [3.8, 4) is 5.75 Å². The van der Waals surface area contributed by atoms with E-state index in [2.05, 4.69) is 33.9 Å². The van der Waals surface area contributed by atoms with Crippen molar-refractivity contribution >= 4 is 14.6 Å². The van der Waals surface area contributed by atoms with E-state index in [4.69, 9.17) is 13.9 Å². The molecule has 25 heavy (non-hydrogen) atoms. The van der Waals surface area contributed by atoms with Crippen LogP contribution in [-0.2, 0) is 20.6 Å². The SMILES string of the molecule is COc1ccc(COCCC[C@H](CC=O)O[Si](C)(C)C(C)(C)C)cc1. The van der Waals surface area contributed by atoms with Crippen LogP contribution in [0.15, 0.2) is 24.3 Å². The molecule has 0 spiro atoms. The summed E-state index contributed by atoms with van der Waals surface area (Å²) in [6, 6.07) is 7.89. The first kappa shape index (κ1) is 21.9. The topological polar surface area (TPSA) is 44.8 Å². The van der Waals surface area contributed by atoms with Crippen LogP contribution in [0.3, 0.4) is 0 Å². The molecule has 0 aliphatic rings. The number of benzene rings is 1. The molecule has 0 aliphatic carbocycles. The summed E-state index contributed by atoms with van der Waals surface area (Å²) in [7, 11) is -0.187. The smallest absolute Gasteiger partial charge is 0.192 e. The summed E-state index contributed by atoms with van der Waals surface area (Å²) in [6.45, 7) is 12.4. The first-order chi connectivity index (χ1) is 11.7. The van der Waals surface area contributed by atoms with Gasteiger partial charge in [0.05, 0.1) is 19.8 Å². The molecule has 1 aromatic carbocycles. The zero-order chi connectivity index (χ0) is 18.9. The molecule has 1 rings (SSSR count). The molecule has 0 fully saturated rings. The molecule has 0 heterocycles. The highest BCUT2D eigenvalue weighted by atomic mass is 28.4. The Balaban J connectivity index is 2.36. The molecule has 0 saturated carbocycles. The van der Waals surface area contributed by atoms with Crippen molar-refractivity contribution in [2.45, 2.75) is 70.9 Å². The Morgan fingerprint density at radius 2 is 1.80 bits per heavy atom. The maximum atomic E-state index is 11.0. The van der Waals surface area contributed by atoms with Crippen molar-refractivity contribution < 1.29 is 18.7 Å². The molecule has 0 unspecified atom stereocenters. The minimum atomic E-state index is -1.85. The van der Waals surface area contributed by atoms with Gasteiger partial charge in [-0.05, 0) is 48.7 Å². The first-order valence-corrected chi connectivity index (χ1v) is 11.9. The lowest BCUT2D eigenvalue weighted by Gasteiger charge is -2.39. The van der Waals surface area contributed by atoms with Crippen LogP contribution in [0, 0.1) is 0 Å². The third-order valence-corrected chi connectivity index (χ3v) is 9.40. The fourth-order valence-corrected chi connectivity index (χ4v) is 3.65. The molecule has 4 nitrogen and oxygen atoms in total. The highest BCUT2D eigenvalue weighted by Gasteiger charge is 2.38. The molecule has 5 heteroatoms. The summed E-state index contributed by atoms with van der Waals surface area (Å²) in [4.78, 5) is 11.0. The van der Waals surface area contributed by atoms with Gasteiger partial charge in [-0.25, -0.2) is 0 Å². The van der Waals surface area contributed by atoms with Gasteiger partial charge >= 0.3 is 0 Å². The van der Waals surface area contributed by atoms with Crippen LogP contribution >= 0.6 is 0 Å². The number of hydrogen-bond acceptors (Lipinski definition) is 4. The molecular formula is C20H34O4Si. The lowest BCUT2D eigenvalue weighted by molar-refractivity contribution is -0.109.